The number of ether oxygens (including phenoxy) is 1. The maximum atomic E-state index is 12.9. The number of carbonyl (C=O) groups is 1. The first-order valence-electron chi connectivity index (χ1n) is 11.2. The summed E-state index contributed by atoms with van der Waals surface area (Å²) >= 11 is 5.88. The molecule has 0 saturated heterocycles. The Morgan fingerprint density at radius 3 is 2.60 bits per heavy atom. The van der Waals surface area contributed by atoms with E-state index in [2.05, 4.69) is 25.7 Å². The summed E-state index contributed by atoms with van der Waals surface area (Å²) in [5.41, 5.74) is 4.58. The molecule has 0 aliphatic heterocycles. The van der Waals surface area contributed by atoms with Crippen LogP contribution in [0.2, 0.25) is 5.28 Å². The number of hydrogen-bond acceptors (Lipinski definition) is 6. The average molecular weight is 491 g/mol. The molecule has 0 unspecified atom stereocenters. The third kappa shape index (κ3) is 5.04. The monoisotopic (exact) mass is 490 g/mol. The maximum Gasteiger partial charge on any atom is 0.324 e. The van der Waals surface area contributed by atoms with E-state index >= 15 is 0 Å². The van der Waals surface area contributed by atoms with Crippen LogP contribution in [-0.4, -0.2) is 30.9 Å². The first-order valence-corrected chi connectivity index (χ1v) is 11.6. The molecule has 178 valence electrons. The van der Waals surface area contributed by atoms with Gasteiger partial charge in [0, 0.05) is 29.6 Å². The van der Waals surface area contributed by atoms with Crippen molar-refractivity contribution in [3.05, 3.63) is 76.7 Å². The van der Waals surface area contributed by atoms with Gasteiger partial charge in [-0.2, -0.15) is 4.98 Å². The van der Waals surface area contributed by atoms with Crippen molar-refractivity contribution in [1.82, 2.24) is 19.7 Å². The molecule has 35 heavy (non-hydrogen) atoms. The van der Waals surface area contributed by atoms with Gasteiger partial charge in [-0.3, -0.25) is 5.32 Å². The van der Waals surface area contributed by atoms with Crippen LogP contribution in [0.25, 0.3) is 5.69 Å². The van der Waals surface area contributed by atoms with Crippen LogP contribution >= 0.6 is 11.6 Å². The Labute approximate surface area is 206 Å². The van der Waals surface area contributed by atoms with Crippen LogP contribution in [0.1, 0.15) is 29.5 Å². The van der Waals surface area contributed by atoms with Crippen molar-refractivity contribution in [1.29, 1.82) is 0 Å². The highest BCUT2D eigenvalue weighted by Crippen LogP contribution is 2.37. The molecule has 0 fully saturated rings. The summed E-state index contributed by atoms with van der Waals surface area (Å²) < 4.78 is 7.47. The van der Waals surface area contributed by atoms with Crippen LogP contribution in [0.5, 0.6) is 17.5 Å². The highest BCUT2D eigenvalue weighted by molar-refractivity contribution is 6.28. The number of urea groups is 1. The Morgan fingerprint density at radius 2 is 1.83 bits per heavy atom. The zero-order chi connectivity index (χ0) is 24.4. The summed E-state index contributed by atoms with van der Waals surface area (Å²) in [4.78, 5) is 20.9. The van der Waals surface area contributed by atoms with Crippen LogP contribution in [-0.2, 0) is 12.8 Å². The van der Waals surface area contributed by atoms with Gasteiger partial charge in [-0.1, -0.05) is 17.7 Å². The standard InChI is InChI=1S/C25H23ClN6O3/c1-15-6-8-16(9-7-15)32-21(14-22(33)31-32)29-25(34)28-19-10-11-20(18-5-3-2-4-17(18)19)35-23-12-13-27-24(26)30-23/h6-14H,2-5H2,1H3,(H,31,33)(H2,28,29,34). The van der Waals surface area contributed by atoms with Crippen molar-refractivity contribution >= 4 is 29.1 Å². The lowest BCUT2D eigenvalue weighted by Gasteiger charge is -2.22. The number of rotatable bonds is 5. The molecule has 0 saturated carbocycles. The second-order valence-corrected chi connectivity index (χ2v) is 8.59. The second-order valence-electron chi connectivity index (χ2n) is 8.26. The molecule has 5 rings (SSSR count). The van der Waals surface area contributed by atoms with Crippen molar-refractivity contribution in [2.24, 2.45) is 0 Å². The molecule has 0 bridgehead atoms. The van der Waals surface area contributed by atoms with Crippen molar-refractivity contribution in [3.63, 3.8) is 0 Å². The summed E-state index contributed by atoms with van der Waals surface area (Å²) in [5, 5.41) is 19.9. The Hall–Kier alpha value is -4.11. The van der Waals surface area contributed by atoms with Gasteiger partial charge in [0.25, 0.3) is 0 Å². The van der Waals surface area contributed by atoms with Gasteiger partial charge in [-0.05, 0) is 74.0 Å². The molecule has 2 aromatic carbocycles. The predicted octanol–water partition coefficient (Wildman–Crippen LogP) is 5.64. The van der Waals surface area contributed by atoms with Crippen LogP contribution in [0.3, 0.4) is 0 Å². The van der Waals surface area contributed by atoms with E-state index in [1.54, 1.807) is 6.07 Å². The highest BCUT2D eigenvalue weighted by atomic mass is 35.5. The minimum Gasteiger partial charge on any atom is -0.492 e. The molecule has 0 spiro atoms. The van der Waals surface area contributed by atoms with Crippen molar-refractivity contribution in [2.75, 3.05) is 10.6 Å². The molecule has 2 amide bonds. The fourth-order valence-corrected chi connectivity index (χ4v) is 4.29. The number of nitrogens with one attached hydrogen (secondary N) is 2. The topological polar surface area (TPSA) is 114 Å². The number of hydrogen-bond donors (Lipinski definition) is 3. The largest absolute Gasteiger partial charge is 0.492 e. The zero-order valence-corrected chi connectivity index (χ0v) is 19.7. The van der Waals surface area contributed by atoms with Gasteiger partial charge in [0.2, 0.25) is 17.0 Å². The number of anilines is 2. The minimum atomic E-state index is -0.442. The molecular formula is C25H23ClN6O3. The Kier molecular flexibility index (Phi) is 6.24. The summed E-state index contributed by atoms with van der Waals surface area (Å²) in [5.74, 6) is 1.20. The third-order valence-corrected chi connectivity index (χ3v) is 5.95. The van der Waals surface area contributed by atoms with E-state index in [0.717, 1.165) is 48.1 Å². The summed E-state index contributed by atoms with van der Waals surface area (Å²) in [6, 6.07) is 13.8. The second kappa shape index (κ2) is 9.63. The molecule has 0 atom stereocenters. The number of nitrogens with zero attached hydrogens (tertiary/aromatic N) is 4. The van der Waals surface area contributed by atoms with Crippen molar-refractivity contribution in [2.45, 2.75) is 32.6 Å². The Morgan fingerprint density at radius 1 is 1.06 bits per heavy atom. The van der Waals surface area contributed by atoms with Crippen molar-refractivity contribution in [3.8, 4) is 23.2 Å². The van der Waals surface area contributed by atoms with Gasteiger partial charge < -0.3 is 15.2 Å². The van der Waals surface area contributed by atoms with Crippen LogP contribution in [0.15, 0.2) is 54.7 Å². The van der Waals surface area contributed by atoms with Gasteiger partial charge in [0.1, 0.15) is 11.6 Å². The smallest absolute Gasteiger partial charge is 0.324 e. The van der Waals surface area contributed by atoms with E-state index in [1.165, 1.54) is 16.9 Å². The van der Waals surface area contributed by atoms with Crippen LogP contribution < -0.4 is 15.4 Å². The van der Waals surface area contributed by atoms with Gasteiger partial charge >= 0.3 is 6.03 Å². The lowest BCUT2D eigenvalue weighted by Crippen LogP contribution is -2.23. The van der Waals surface area contributed by atoms with Crippen LogP contribution in [0.4, 0.5) is 16.3 Å². The van der Waals surface area contributed by atoms with E-state index in [4.69, 9.17) is 16.3 Å². The molecule has 9 nitrogen and oxygen atoms in total. The quantitative estimate of drug-likeness (QED) is 0.312. The van der Waals surface area contributed by atoms with E-state index < -0.39 is 6.03 Å². The number of carbonyl (C=O) groups excluding carboxylic acids is 1. The summed E-state index contributed by atoms with van der Waals surface area (Å²) in [7, 11) is 0. The van der Waals surface area contributed by atoms with E-state index in [-0.39, 0.29) is 11.2 Å². The van der Waals surface area contributed by atoms with E-state index in [9.17, 15) is 9.90 Å². The maximum absolute atomic E-state index is 12.9. The molecule has 2 heterocycles. The predicted molar refractivity (Wildman–Crippen MR) is 133 cm³/mol. The number of aryl methyl sites for hydroxylation is 1. The molecular weight excluding hydrogens is 468 g/mol. The first-order chi connectivity index (χ1) is 17.0. The molecule has 2 aromatic heterocycles. The first kappa shape index (κ1) is 22.7. The number of aromatic hydroxyl groups is 1. The van der Waals surface area contributed by atoms with Gasteiger partial charge in [-0.25, -0.2) is 14.5 Å². The number of fused-ring (bicyclic) bond motifs is 1. The highest BCUT2D eigenvalue weighted by Gasteiger charge is 2.21. The summed E-state index contributed by atoms with van der Waals surface area (Å²) in [6.07, 6.45) is 5.22. The summed E-state index contributed by atoms with van der Waals surface area (Å²) in [6.45, 7) is 1.98. The van der Waals surface area contributed by atoms with Gasteiger partial charge in [-0.15, -0.1) is 5.10 Å². The fraction of sp³-hybridized carbons (Fsp3) is 0.200. The van der Waals surface area contributed by atoms with E-state index in [0.29, 0.717) is 23.1 Å². The fourth-order valence-electron chi connectivity index (χ4n) is 4.15. The van der Waals surface area contributed by atoms with E-state index in [1.807, 2.05) is 43.3 Å². The third-order valence-electron chi connectivity index (χ3n) is 5.77. The number of halogens is 1. The molecule has 10 heteroatoms. The van der Waals surface area contributed by atoms with Gasteiger partial charge in [0.15, 0.2) is 0 Å². The molecule has 1 aliphatic carbocycles. The molecule has 1 aliphatic rings. The Bertz CT molecular complexity index is 1390. The Balaban J connectivity index is 1.37. The van der Waals surface area contributed by atoms with Crippen molar-refractivity contribution < 1.29 is 14.6 Å². The minimum absolute atomic E-state index is 0.113. The number of benzene rings is 2. The average Bonchev–Trinajstić information content (AvgIpc) is 3.21. The lowest BCUT2D eigenvalue weighted by atomic mass is 9.89. The normalized spacial score (nSPS) is 12.6. The number of amides is 2. The molecule has 4 aromatic rings. The SMILES string of the molecule is Cc1ccc(-n2nc(O)cc2NC(=O)Nc2ccc(Oc3ccnc(Cl)n3)c3c2CCCC3)cc1. The zero-order valence-electron chi connectivity index (χ0n) is 19.0. The lowest BCUT2D eigenvalue weighted by molar-refractivity contribution is 0.262. The number of aromatic nitrogens is 4. The van der Waals surface area contributed by atoms with Gasteiger partial charge in [0.05, 0.1) is 5.69 Å². The molecule has 3 N–H and O–H groups in total. The molecule has 0 radical (unpaired) electrons. The van der Waals surface area contributed by atoms with Crippen LogP contribution in [0, 0.1) is 6.92 Å².